The third kappa shape index (κ3) is 5.49. The average Bonchev–Trinajstić information content (AvgIpc) is 2.48. The molecule has 2 amide bonds. The number of amides is 2. The van der Waals surface area contributed by atoms with E-state index in [0.717, 1.165) is 13.1 Å². The molecule has 0 aliphatic rings. The van der Waals surface area contributed by atoms with Crippen molar-refractivity contribution in [3.8, 4) is 0 Å². The summed E-state index contributed by atoms with van der Waals surface area (Å²) in [5.41, 5.74) is 1.25. The number of carbonyl (C=O) groups is 1. The monoisotopic (exact) mass is 299 g/mol. The van der Waals surface area contributed by atoms with Crippen molar-refractivity contribution < 1.29 is 4.79 Å². The molecule has 2 rings (SSSR count). The number of nitrogens with zero attached hydrogens (tertiary/aromatic N) is 3. The van der Waals surface area contributed by atoms with Gasteiger partial charge in [-0.2, -0.15) is 5.10 Å². The minimum atomic E-state index is -0.277. The van der Waals surface area contributed by atoms with Gasteiger partial charge in [-0.1, -0.05) is 30.3 Å². The fourth-order valence-corrected chi connectivity index (χ4v) is 2.22. The molecule has 6 heteroatoms. The highest BCUT2D eigenvalue weighted by atomic mass is 16.2. The van der Waals surface area contributed by atoms with Crippen molar-refractivity contribution >= 4 is 11.8 Å². The van der Waals surface area contributed by atoms with E-state index in [0.29, 0.717) is 5.82 Å². The van der Waals surface area contributed by atoms with Gasteiger partial charge in [-0.3, -0.25) is 5.32 Å². The summed E-state index contributed by atoms with van der Waals surface area (Å²) >= 11 is 0. The van der Waals surface area contributed by atoms with Crippen molar-refractivity contribution in [3.63, 3.8) is 0 Å². The molecular weight excluding hydrogens is 278 g/mol. The fourth-order valence-electron chi connectivity index (χ4n) is 2.22. The van der Waals surface area contributed by atoms with Gasteiger partial charge in [0.15, 0.2) is 5.82 Å². The third-order valence-corrected chi connectivity index (χ3v) is 3.07. The zero-order chi connectivity index (χ0) is 15.8. The van der Waals surface area contributed by atoms with Crippen molar-refractivity contribution in [2.45, 2.75) is 19.5 Å². The Morgan fingerprint density at radius 2 is 2.00 bits per heavy atom. The summed E-state index contributed by atoms with van der Waals surface area (Å²) in [6.45, 7) is 3.57. The van der Waals surface area contributed by atoms with Crippen molar-refractivity contribution in [2.75, 3.05) is 18.9 Å². The van der Waals surface area contributed by atoms with Crippen molar-refractivity contribution in [1.82, 2.24) is 20.4 Å². The summed E-state index contributed by atoms with van der Waals surface area (Å²) in [6.07, 6.45) is 1.56. The second kappa shape index (κ2) is 8.09. The molecule has 0 radical (unpaired) electrons. The molecule has 116 valence electrons. The highest BCUT2D eigenvalue weighted by molar-refractivity contribution is 5.88. The van der Waals surface area contributed by atoms with E-state index in [9.17, 15) is 4.79 Å². The lowest BCUT2D eigenvalue weighted by Crippen LogP contribution is -2.42. The van der Waals surface area contributed by atoms with Crippen LogP contribution in [0, 0.1) is 0 Å². The molecule has 1 unspecified atom stereocenters. The molecule has 2 aromatic rings. The van der Waals surface area contributed by atoms with Crippen LogP contribution in [0.5, 0.6) is 0 Å². The maximum atomic E-state index is 11.9. The summed E-state index contributed by atoms with van der Waals surface area (Å²) in [4.78, 5) is 14.0. The Balaban J connectivity index is 1.75. The molecule has 6 nitrogen and oxygen atoms in total. The van der Waals surface area contributed by atoms with Crippen molar-refractivity contribution in [3.05, 3.63) is 54.2 Å². The Bertz CT molecular complexity index is 576. The van der Waals surface area contributed by atoms with Crippen LogP contribution in [0.1, 0.15) is 12.5 Å². The first-order valence-corrected chi connectivity index (χ1v) is 7.21. The van der Waals surface area contributed by atoms with E-state index in [1.807, 2.05) is 32.2 Å². The highest BCUT2D eigenvalue weighted by Gasteiger charge is 2.10. The first kappa shape index (κ1) is 15.9. The van der Waals surface area contributed by atoms with Crippen LogP contribution < -0.4 is 10.6 Å². The van der Waals surface area contributed by atoms with Gasteiger partial charge < -0.3 is 10.2 Å². The second-order valence-electron chi connectivity index (χ2n) is 5.29. The Hall–Kier alpha value is -2.47. The van der Waals surface area contributed by atoms with Crippen LogP contribution in [0.2, 0.25) is 0 Å². The van der Waals surface area contributed by atoms with Crippen molar-refractivity contribution in [2.24, 2.45) is 0 Å². The lowest BCUT2D eigenvalue weighted by Gasteiger charge is -2.22. The zero-order valence-corrected chi connectivity index (χ0v) is 12.9. The number of aromatic nitrogens is 2. The largest absolute Gasteiger partial charge is 0.334 e. The third-order valence-electron chi connectivity index (χ3n) is 3.07. The molecule has 1 aromatic heterocycles. The maximum absolute atomic E-state index is 11.9. The molecule has 1 atom stereocenters. The summed E-state index contributed by atoms with van der Waals surface area (Å²) in [5.74, 6) is 0.435. The van der Waals surface area contributed by atoms with Crippen LogP contribution in [-0.4, -0.2) is 40.8 Å². The first-order chi connectivity index (χ1) is 10.6. The topological polar surface area (TPSA) is 70.2 Å². The number of anilines is 1. The van der Waals surface area contributed by atoms with E-state index in [2.05, 4.69) is 37.9 Å². The number of likely N-dealkylation sites (N-methyl/N-ethyl adjacent to an activating group) is 1. The minimum Gasteiger partial charge on any atom is -0.334 e. The van der Waals surface area contributed by atoms with E-state index < -0.39 is 0 Å². The van der Waals surface area contributed by atoms with Crippen LogP contribution in [0.4, 0.5) is 10.6 Å². The van der Waals surface area contributed by atoms with Gasteiger partial charge in [-0.15, -0.1) is 5.10 Å². The zero-order valence-electron chi connectivity index (χ0n) is 12.9. The minimum absolute atomic E-state index is 0.0189. The number of hydrogen-bond donors (Lipinski definition) is 2. The molecule has 0 spiro atoms. The Kier molecular flexibility index (Phi) is 5.85. The molecule has 1 aromatic carbocycles. The van der Waals surface area contributed by atoms with Gasteiger partial charge in [0.2, 0.25) is 0 Å². The number of carbonyl (C=O) groups excluding carboxylic acids is 1. The molecule has 0 aliphatic carbocycles. The molecule has 0 saturated carbocycles. The van der Waals surface area contributed by atoms with Crippen LogP contribution in [0.3, 0.4) is 0 Å². The smallest absolute Gasteiger partial charge is 0.320 e. The maximum Gasteiger partial charge on any atom is 0.320 e. The average molecular weight is 299 g/mol. The van der Waals surface area contributed by atoms with E-state index in [-0.39, 0.29) is 12.1 Å². The fraction of sp³-hybridized carbons (Fsp3) is 0.312. The summed E-state index contributed by atoms with van der Waals surface area (Å²) in [6, 6.07) is 13.4. The van der Waals surface area contributed by atoms with Crippen LogP contribution in [-0.2, 0) is 6.54 Å². The predicted molar refractivity (Wildman–Crippen MR) is 86.4 cm³/mol. The number of rotatable bonds is 6. The number of benzene rings is 1. The van der Waals surface area contributed by atoms with Gasteiger partial charge >= 0.3 is 6.03 Å². The quantitative estimate of drug-likeness (QED) is 0.857. The number of hydrogen-bond acceptors (Lipinski definition) is 4. The van der Waals surface area contributed by atoms with Crippen LogP contribution >= 0.6 is 0 Å². The SMILES string of the molecule is CC(CN(C)Cc1ccccc1)NC(=O)Nc1cccnn1. The number of urea groups is 1. The predicted octanol–water partition coefficient (Wildman–Crippen LogP) is 2.12. The molecule has 1 heterocycles. The van der Waals surface area contributed by atoms with Crippen LogP contribution in [0.15, 0.2) is 48.7 Å². The molecule has 0 fully saturated rings. The Labute approximate surface area is 130 Å². The van der Waals surface area contributed by atoms with E-state index >= 15 is 0 Å². The van der Waals surface area contributed by atoms with Crippen molar-refractivity contribution in [1.29, 1.82) is 0 Å². The van der Waals surface area contributed by atoms with Gasteiger partial charge in [0.25, 0.3) is 0 Å². The van der Waals surface area contributed by atoms with Crippen LogP contribution in [0.25, 0.3) is 0 Å². The summed E-state index contributed by atoms with van der Waals surface area (Å²) in [5, 5.41) is 13.1. The van der Waals surface area contributed by atoms with Gasteiger partial charge in [-0.25, -0.2) is 4.79 Å². The van der Waals surface area contributed by atoms with E-state index in [1.165, 1.54) is 5.56 Å². The molecular formula is C16H21N5O. The lowest BCUT2D eigenvalue weighted by atomic mass is 10.2. The summed E-state index contributed by atoms with van der Waals surface area (Å²) in [7, 11) is 2.03. The van der Waals surface area contributed by atoms with Gasteiger partial charge in [0.05, 0.1) is 0 Å². The molecule has 22 heavy (non-hydrogen) atoms. The van der Waals surface area contributed by atoms with Gasteiger partial charge in [0, 0.05) is 25.3 Å². The standard InChI is InChI=1S/C16H21N5O/c1-13(11-21(2)12-14-7-4-3-5-8-14)18-16(22)19-15-9-6-10-17-20-15/h3-10,13H,11-12H2,1-2H3,(H2,18,19,20,22). The molecule has 0 aliphatic heterocycles. The van der Waals surface area contributed by atoms with Gasteiger partial charge in [-0.05, 0) is 31.7 Å². The van der Waals surface area contributed by atoms with E-state index in [4.69, 9.17) is 0 Å². The normalized spacial score (nSPS) is 12.0. The van der Waals surface area contributed by atoms with E-state index in [1.54, 1.807) is 18.3 Å². The molecule has 0 saturated heterocycles. The second-order valence-corrected chi connectivity index (χ2v) is 5.29. The summed E-state index contributed by atoms with van der Waals surface area (Å²) < 4.78 is 0. The first-order valence-electron chi connectivity index (χ1n) is 7.21. The lowest BCUT2D eigenvalue weighted by molar-refractivity contribution is 0.241. The molecule has 2 N–H and O–H groups in total. The Morgan fingerprint density at radius 3 is 2.68 bits per heavy atom. The molecule has 0 bridgehead atoms. The number of nitrogens with one attached hydrogen (secondary N) is 2. The Morgan fingerprint density at radius 1 is 1.23 bits per heavy atom. The highest BCUT2D eigenvalue weighted by Crippen LogP contribution is 2.03. The van der Waals surface area contributed by atoms with Gasteiger partial charge in [0.1, 0.15) is 0 Å².